The maximum atomic E-state index is 12.4. The van der Waals surface area contributed by atoms with Gasteiger partial charge in [-0.1, -0.05) is 36.4 Å². The van der Waals surface area contributed by atoms with E-state index in [4.69, 9.17) is 0 Å². The Morgan fingerprint density at radius 2 is 1.93 bits per heavy atom. The number of hydrogen-bond acceptors (Lipinski definition) is 4. The fourth-order valence-corrected chi connectivity index (χ4v) is 2.98. The van der Waals surface area contributed by atoms with E-state index in [0.717, 1.165) is 34.0 Å². The van der Waals surface area contributed by atoms with E-state index in [-0.39, 0.29) is 5.91 Å². The zero-order valence-corrected chi connectivity index (χ0v) is 15.7. The number of carbonyl (C=O) groups excluding carboxylic acids is 1. The molecule has 0 atom stereocenters. The second kappa shape index (κ2) is 7.48. The zero-order valence-electron chi connectivity index (χ0n) is 15.7. The van der Waals surface area contributed by atoms with Crippen LogP contribution < -0.4 is 5.32 Å². The van der Waals surface area contributed by atoms with Crippen LogP contribution in [0.1, 0.15) is 27.4 Å². The van der Waals surface area contributed by atoms with Crippen molar-refractivity contribution in [3.8, 4) is 17.1 Å². The smallest absolute Gasteiger partial charge is 0.269 e. The molecule has 0 saturated carbocycles. The summed E-state index contributed by atoms with van der Waals surface area (Å²) < 4.78 is 1.80. The third-order valence-electron chi connectivity index (χ3n) is 4.38. The SMILES string of the molecule is Cc1cc(C)n(-c2ccc(CNC(=O)c3cc(-c4ccccc4)n[nH]3)cn2)n1. The number of rotatable bonds is 5. The van der Waals surface area contributed by atoms with E-state index in [1.165, 1.54) is 0 Å². The lowest BCUT2D eigenvalue weighted by molar-refractivity contribution is 0.0946. The van der Waals surface area contributed by atoms with E-state index in [1.807, 2.05) is 62.4 Å². The average Bonchev–Trinajstić information content (AvgIpc) is 3.34. The highest BCUT2D eigenvalue weighted by Gasteiger charge is 2.11. The van der Waals surface area contributed by atoms with Gasteiger partial charge in [0.05, 0.1) is 11.4 Å². The maximum Gasteiger partial charge on any atom is 0.269 e. The monoisotopic (exact) mass is 372 g/mol. The predicted octanol–water partition coefficient (Wildman–Crippen LogP) is 3.20. The molecule has 0 radical (unpaired) electrons. The average molecular weight is 372 g/mol. The molecule has 2 N–H and O–H groups in total. The highest BCUT2D eigenvalue weighted by Crippen LogP contribution is 2.17. The van der Waals surface area contributed by atoms with Crippen molar-refractivity contribution in [1.82, 2.24) is 30.3 Å². The minimum absolute atomic E-state index is 0.211. The lowest BCUT2D eigenvalue weighted by atomic mass is 10.1. The lowest BCUT2D eigenvalue weighted by Gasteiger charge is -2.06. The predicted molar refractivity (Wildman–Crippen MR) is 106 cm³/mol. The van der Waals surface area contributed by atoms with Crippen LogP contribution in [0.4, 0.5) is 0 Å². The molecular formula is C21H20N6O. The topological polar surface area (TPSA) is 88.5 Å². The first-order chi connectivity index (χ1) is 13.6. The van der Waals surface area contributed by atoms with Crippen LogP contribution in [-0.4, -0.2) is 30.9 Å². The largest absolute Gasteiger partial charge is 0.347 e. The van der Waals surface area contributed by atoms with Crippen molar-refractivity contribution in [3.05, 3.63) is 83.4 Å². The van der Waals surface area contributed by atoms with E-state index < -0.39 is 0 Å². The summed E-state index contributed by atoms with van der Waals surface area (Å²) in [4.78, 5) is 16.8. The van der Waals surface area contributed by atoms with Crippen molar-refractivity contribution in [3.63, 3.8) is 0 Å². The summed E-state index contributed by atoms with van der Waals surface area (Å²) in [6, 6.07) is 17.3. The summed E-state index contributed by atoms with van der Waals surface area (Å²) in [5, 5.41) is 14.3. The Kier molecular flexibility index (Phi) is 4.72. The van der Waals surface area contributed by atoms with Crippen LogP contribution in [0.2, 0.25) is 0 Å². The molecule has 0 aliphatic carbocycles. The quantitative estimate of drug-likeness (QED) is 0.563. The number of aromatic amines is 1. The number of pyridine rings is 1. The van der Waals surface area contributed by atoms with Crippen LogP contribution in [0, 0.1) is 13.8 Å². The third kappa shape index (κ3) is 3.68. The molecule has 0 aliphatic rings. The van der Waals surface area contributed by atoms with Gasteiger partial charge in [-0.15, -0.1) is 0 Å². The Balaban J connectivity index is 1.40. The molecule has 0 saturated heterocycles. The minimum atomic E-state index is -0.211. The Labute approximate surface area is 162 Å². The van der Waals surface area contributed by atoms with E-state index in [9.17, 15) is 4.79 Å². The number of aryl methyl sites for hydroxylation is 2. The molecule has 0 bridgehead atoms. The van der Waals surface area contributed by atoms with Gasteiger partial charge in [0.2, 0.25) is 0 Å². The molecule has 3 aromatic heterocycles. The van der Waals surface area contributed by atoms with E-state index in [1.54, 1.807) is 16.9 Å². The molecule has 28 heavy (non-hydrogen) atoms. The van der Waals surface area contributed by atoms with Crippen LogP contribution in [0.25, 0.3) is 17.1 Å². The number of aromatic nitrogens is 5. The number of amides is 1. The van der Waals surface area contributed by atoms with Crippen molar-refractivity contribution < 1.29 is 4.79 Å². The fraction of sp³-hybridized carbons (Fsp3) is 0.143. The highest BCUT2D eigenvalue weighted by atomic mass is 16.1. The van der Waals surface area contributed by atoms with Crippen molar-refractivity contribution in [2.75, 3.05) is 0 Å². The van der Waals surface area contributed by atoms with E-state index >= 15 is 0 Å². The van der Waals surface area contributed by atoms with Gasteiger partial charge in [-0.3, -0.25) is 9.89 Å². The first kappa shape index (κ1) is 17.7. The summed E-state index contributed by atoms with van der Waals surface area (Å²) in [6.45, 7) is 4.32. The highest BCUT2D eigenvalue weighted by molar-refractivity contribution is 5.93. The Hall–Kier alpha value is -3.74. The summed E-state index contributed by atoms with van der Waals surface area (Å²) in [5.41, 5.74) is 5.00. The molecule has 3 heterocycles. The molecule has 0 fully saturated rings. The molecule has 1 amide bonds. The van der Waals surface area contributed by atoms with Gasteiger partial charge < -0.3 is 5.32 Å². The second-order valence-electron chi connectivity index (χ2n) is 6.58. The summed E-state index contributed by atoms with van der Waals surface area (Å²) in [7, 11) is 0. The van der Waals surface area contributed by atoms with Crippen LogP contribution in [0.3, 0.4) is 0 Å². The molecule has 7 nitrogen and oxygen atoms in total. The number of hydrogen-bond donors (Lipinski definition) is 2. The Morgan fingerprint density at radius 1 is 1.11 bits per heavy atom. The Bertz CT molecular complexity index is 1100. The maximum absolute atomic E-state index is 12.4. The molecule has 0 aliphatic heterocycles. The van der Waals surface area contributed by atoms with Crippen molar-refractivity contribution in [1.29, 1.82) is 0 Å². The number of benzene rings is 1. The zero-order chi connectivity index (χ0) is 19.5. The third-order valence-corrected chi connectivity index (χ3v) is 4.38. The second-order valence-corrected chi connectivity index (χ2v) is 6.58. The van der Waals surface area contributed by atoms with E-state index in [2.05, 4.69) is 25.6 Å². The first-order valence-electron chi connectivity index (χ1n) is 8.98. The van der Waals surface area contributed by atoms with Gasteiger partial charge in [-0.2, -0.15) is 10.2 Å². The standard InChI is InChI=1S/C21H20N6O/c1-14-10-15(2)27(26-14)20-9-8-16(12-22-20)13-23-21(28)19-11-18(24-25-19)17-6-4-3-5-7-17/h3-12H,13H2,1-2H3,(H,23,28)(H,24,25). The van der Waals surface area contributed by atoms with Crippen LogP contribution in [0.5, 0.6) is 0 Å². The fourth-order valence-electron chi connectivity index (χ4n) is 2.98. The molecule has 4 aromatic rings. The van der Waals surface area contributed by atoms with Gasteiger partial charge in [-0.25, -0.2) is 9.67 Å². The molecule has 140 valence electrons. The molecule has 1 aromatic carbocycles. The van der Waals surface area contributed by atoms with Crippen molar-refractivity contribution >= 4 is 5.91 Å². The first-order valence-corrected chi connectivity index (χ1v) is 8.98. The van der Waals surface area contributed by atoms with Crippen LogP contribution in [0.15, 0.2) is 60.8 Å². The van der Waals surface area contributed by atoms with Crippen molar-refractivity contribution in [2.24, 2.45) is 0 Å². The minimum Gasteiger partial charge on any atom is -0.347 e. The molecule has 4 rings (SSSR count). The van der Waals surface area contributed by atoms with Gasteiger partial charge in [0, 0.05) is 24.0 Å². The summed E-state index contributed by atoms with van der Waals surface area (Å²) >= 11 is 0. The van der Waals surface area contributed by atoms with Crippen molar-refractivity contribution in [2.45, 2.75) is 20.4 Å². The van der Waals surface area contributed by atoms with Gasteiger partial charge >= 0.3 is 0 Å². The summed E-state index contributed by atoms with van der Waals surface area (Å²) in [5.74, 6) is 0.541. The molecule has 7 heteroatoms. The number of carbonyl (C=O) groups is 1. The molecule has 0 spiro atoms. The number of nitrogens with one attached hydrogen (secondary N) is 2. The van der Waals surface area contributed by atoms with Gasteiger partial charge in [0.25, 0.3) is 5.91 Å². The van der Waals surface area contributed by atoms with Gasteiger partial charge in [0.15, 0.2) is 5.82 Å². The Morgan fingerprint density at radius 3 is 2.61 bits per heavy atom. The van der Waals surface area contributed by atoms with E-state index in [0.29, 0.717) is 12.2 Å². The normalized spacial score (nSPS) is 10.8. The van der Waals surface area contributed by atoms with Gasteiger partial charge in [-0.05, 0) is 37.6 Å². The number of nitrogens with zero attached hydrogens (tertiary/aromatic N) is 4. The lowest BCUT2D eigenvalue weighted by Crippen LogP contribution is -2.23. The van der Waals surface area contributed by atoms with Gasteiger partial charge in [0.1, 0.15) is 5.69 Å². The molecule has 0 unspecified atom stereocenters. The van der Waals surface area contributed by atoms with Crippen LogP contribution in [-0.2, 0) is 6.54 Å². The number of H-pyrrole nitrogens is 1. The molecular weight excluding hydrogens is 352 g/mol. The van der Waals surface area contributed by atoms with Crippen LogP contribution >= 0.6 is 0 Å². The summed E-state index contributed by atoms with van der Waals surface area (Å²) in [6.07, 6.45) is 1.74.